The third-order valence-corrected chi connectivity index (χ3v) is 5.03. The minimum atomic E-state index is -0.0233. The second-order valence-electron chi connectivity index (χ2n) is 6.89. The molecule has 0 radical (unpaired) electrons. The Kier molecular flexibility index (Phi) is 5.04. The van der Waals surface area contributed by atoms with Crippen molar-refractivity contribution in [1.82, 2.24) is 9.88 Å². The Morgan fingerprint density at radius 2 is 1.88 bits per heavy atom. The number of carbonyl (C=O) groups is 1. The van der Waals surface area contributed by atoms with Crippen LogP contribution in [0.1, 0.15) is 41.7 Å². The van der Waals surface area contributed by atoms with Crippen LogP contribution >= 0.6 is 0 Å². The van der Waals surface area contributed by atoms with Crippen molar-refractivity contribution in [3.63, 3.8) is 0 Å². The molecule has 3 heterocycles. The fraction of sp³-hybridized carbons (Fsp3) is 0.429. The number of hydrogen-bond acceptors (Lipinski definition) is 4. The van der Waals surface area contributed by atoms with Gasteiger partial charge in [0.05, 0.1) is 11.3 Å². The zero-order valence-electron chi connectivity index (χ0n) is 14.9. The van der Waals surface area contributed by atoms with E-state index < -0.39 is 0 Å². The summed E-state index contributed by atoms with van der Waals surface area (Å²) in [5.41, 5.74) is 1.58. The Bertz CT molecular complexity index is 771. The number of hydrogen-bond donors (Lipinski definition) is 0. The molecule has 136 valence electrons. The molecule has 0 saturated carbocycles. The van der Waals surface area contributed by atoms with Crippen molar-refractivity contribution in [2.45, 2.75) is 38.2 Å². The summed E-state index contributed by atoms with van der Waals surface area (Å²) in [6.07, 6.45) is 6.60. The molecule has 1 amide bonds. The van der Waals surface area contributed by atoms with Crippen LogP contribution in [-0.4, -0.2) is 41.6 Å². The van der Waals surface area contributed by atoms with Crippen molar-refractivity contribution >= 4 is 5.91 Å². The first-order valence-electron chi connectivity index (χ1n) is 9.43. The number of likely N-dealkylation sites (tertiary alicyclic amines) is 1. The van der Waals surface area contributed by atoms with Crippen LogP contribution in [0.15, 0.2) is 42.6 Å². The summed E-state index contributed by atoms with van der Waals surface area (Å²) in [7, 11) is 0. The number of nitrogens with zero attached hydrogens (tertiary/aromatic N) is 2. The Labute approximate surface area is 153 Å². The van der Waals surface area contributed by atoms with Gasteiger partial charge in [-0.25, -0.2) is 0 Å². The zero-order valence-corrected chi connectivity index (χ0v) is 14.9. The maximum absolute atomic E-state index is 12.9. The van der Waals surface area contributed by atoms with Crippen LogP contribution in [0.4, 0.5) is 0 Å². The first-order valence-corrected chi connectivity index (χ1v) is 9.43. The predicted molar refractivity (Wildman–Crippen MR) is 98.7 cm³/mol. The standard InChI is InChI=1S/C21H24N2O3/c24-21(23-13-4-1-5-14-23)17-7-6-12-22-18(17)11-10-16-15-25-19-8-2-3-9-20(19)26-16/h2-3,6-9,12,16H,1,4-5,10-11,13-15H2/t16-/m0/s1. The van der Waals surface area contributed by atoms with Crippen LogP contribution in [0.3, 0.4) is 0 Å². The minimum Gasteiger partial charge on any atom is -0.486 e. The van der Waals surface area contributed by atoms with E-state index in [-0.39, 0.29) is 12.0 Å². The highest BCUT2D eigenvalue weighted by Crippen LogP contribution is 2.32. The maximum atomic E-state index is 12.9. The van der Waals surface area contributed by atoms with Crippen LogP contribution in [0, 0.1) is 0 Å². The fourth-order valence-corrected chi connectivity index (χ4v) is 3.60. The fourth-order valence-electron chi connectivity index (χ4n) is 3.60. The number of aromatic nitrogens is 1. The van der Waals surface area contributed by atoms with Crippen molar-refractivity contribution in [2.24, 2.45) is 0 Å². The summed E-state index contributed by atoms with van der Waals surface area (Å²) >= 11 is 0. The topological polar surface area (TPSA) is 51.7 Å². The van der Waals surface area contributed by atoms with Crippen LogP contribution in [0.25, 0.3) is 0 Å². The molecule has 26 heavy (non-hydrogen) atoms. The van der Waals surface area contributed by atoms with Gasteiger partial charge in [-0.05, 0) is 56.4 Å². The van der Waals surface area contributed by atoms with E-state index in [1.165, 1.54) is 6.42 Å². The highest BCUT2D eigenvalue weighted by molar-refractivity contribution is 5.95. The normalized spacial score (nSPS) is 19.2. The van der Waals surface area contributed by atoms with Crippen LogP contribution < -0.4 is 9.47 Å². The number of carbonyl (C=O) groups excluding carboxylic acids is 1. The summed E-state index contributed by atoms with van der Waals surface area (Å²) in [6, 6.07) is 11.5. The molecule has 0 aliphatic carbocycles. The van der Waals surface area contributed by atoms with Gasteiger partial charge in [0, 0.05) is 19.3 Å². The summed E-state index contributed by atoms with van der Waals surface area (Å²) in [4.78, 5) is 19.3. The van der Waals surface area contributed by atoms with Crippen LogP contribution in [0.5, 0.6) is 11.5 Å². The molecule has 1 saturated heterocycles. The molecule has 2 aromatic rings. The van der Waals surface area contributed by atoms with Gasteiger partial charge in [-0.15, -0.1) is 0 Å². The van der Waals surface area contributed by atoms with Gasteiger partial charge in [0.1, 0.15) is 12.7 Å². The number of rotatable bonds is 4. The molecule has 1 atom stereocenters. The van der Waals surface area contributed by atoms with Gasteiger partial charge >= 0.3 is 0 Å². The minimum absolute atomic E-state index is 0.0233. The molecule has 2 aliphatic heterocycles. The van der Waals surface area contributed by atoms with E-state index in [1.54, 1.807) is 6.20 Å². The lowest BCUT2D eigenvalue weighted by Crippen LogP contribution is -2.36. The van der Waals surface area contributed by atoms with Crippen molar-refractivity contribution in [2.75, 3.05) is 19.7 Å². The maximum Gasteiger partial charge on any atom is 0.255 e. The van der Waals surface area contributed by atoms with E-state index in [4.69, 9.17) is 9.47 Å². The smallest absolute Gasteiger partial charge is 0.255 e. The average molecular weight is 352 g/mol. The quantitative estimate of drug-likeness (QED) is 0.845. The zero-order chi connectivity index (χ0) is 17.8. The van der Waals surface area contributed by atoms with Crippen molar-refractivity contribution in [3.05, 3.63) is 53.9 Å². The molecule has 0 N–H and O–H groups in total. The van der Waals surface area contributed by atoms with Gasteiger partial charge in [-0.2, -0.15) is 0 Å². The number of benzene rings is 1. The molecule has 0 bridgehead atoms. The second kappa shape index (κ2) is 7.77. The van der Waals surface area contributed by atoms with E-state index in [9.17, 15) is 4.79 Å². The molecule has 1 aromatic carbocycles. The lowest BCUT2D eigenvalue weighted by atomic mass is 10.0. The van der Waals surface area contributed by atoms with Crippen molar-refractivity contribution < 1.29 is 14.3 Å². The summed E-state index contributed by atoms with van der Waals surface area (Å²) < 4.78 is 11.8. The summed E-state index contributed by atoms with van der Waals surface area (Å²) in [5.74, 6) is 1.69. The molecule has 1 aromatic heterocycles. The molecular formula is C21H24N2O3. The van der Waals surface area contributed by atoms with Crippen LogP contribution in [0.2, 0.25) is 0 Å². The Morgan fingerprint density at radius 3 is 2.73 bits per heavy atom. The van der Waals surface area contributed by atoms with Crippen LogP contribution in [-0.2, 0) is 6.42 Å². The Hall–Kier alpha value is -2.56. The average Bonchev–Trinajstić information content (AvgIpc) is 2.72. The second-order valence-corrected chi connectivity index (χ2v) is 6.89. The number of aryl methyl sites for hydroxylation is 1. The van der Waals surface area contributed by atoms with Gasteiger partial charge in [-0.1, -0.05) is 12.1 Å². The SMILES string of the molecule is O=C(c1cccnc1CC[C@H]1COc2ccccc2O1)N1CCCCC1. The van der Waals surface area contributed by atoms with E-state index in [0.29, 0.717) is 13.0 Å². The molecule has 0 unspecified atom stereocenters. The number of ether oxygens (including phenoxy) is 2. The number of fused-ring (bicyclic) bond motifs is 1. The van der Waals surface area contributed by atoms with Gasteiger partial charge in [0.15, 0.2) is 11.5 Å². The Morgan fingerprint density at radius 1 is 1.08 bits per heavy atom. The van der Waals surface area contributed by atoms with Gasteiger partial charge in [-0.3, -0.25) is 9.78 Å². The Balaban J connectivity index is 1.42. The van der Waals surface area contributed by atoms with E-state index in [1.807, 2.05) is 41.3 Å². The summed E-state index contributed by atoms with van der Waals surface area (Å²) in [5, 5.41) is 0. The summed E-state index contributed by atoms with van der Waals surface area (Å²) in [6.45, 7) is 2.23. The van der Waals surface area contributed by atoms with Gasteiger partial charge < -0.3 is 14.4 Å². The van der Waals surface area contributed by atoms with Gasteiger partial charge in [0.2, 0.25) is 0 Å². The van der Waals surface area contributed by atoms with Crippen molar-refractivity contribution in [1.29, 1.82) is 0 Å². The molecule has 4 rings (SSSR count). The lowest BCUT2D eigenvalue weighted by molar-refractivity contribution is 0.0719. The number of amides is 1. The van der Waals surface area contributed by atoms with E-state index in [0.717, 1.165) is 55.1 Å². The molecule has 2 aliphatic rings. The lowest BCUT2D eigenvalue weighted by Gasteiger charge is -2.28. The highest BCUT2D eigenvalue weighted by atomic mass is 16.6. The highest BCUT2D eigenvalue weighted by Gasteiger charge is 2.24. The molecule has 1 fully saturated rings. The number of pyridine rings is 1. The van der Waals surface area contributed by atoms with E-state index >= 15 is 0 Å². The molecule has 0 spiro atoms. The van der Waals surface area contributed by atoms with Crippen molar-refractivity contribution in [3.8, 4) is 11.5 Å². The largest absolute Gasteiger partial charge is 0.486 e. The monoisotopic (exact) mass is 352 g/mol. The van der Waals surface area contributed by atoms with Gasteiger partial charge in [0.25, 0.3) is 5.91 Å². The first-order chi connectivity index (χ1) is 12.8. The predicted octanol–water partition coefficient (Wildman–Crippen LogP) is 3.48. The van der Waals surface area contributed by atoms with E-state index in [2.05, 4.69) is 4.98 Å². The molecule has 5 nitrogen and oxygen atoms in total. The third kappa shape index (κ3) is 3.66. The number of para-hydroxylation sites is 2. The molecule has 5 heteroatoms. The molecular weight excluding hydrogens is 328 g/mol. The third-order valence-electron chi connectivity index (χ3n) is 5.03. The first kappa shape index (κ1) is 16.9. The number of piperidine rings is 1.